The SMILES string of the molecule is Cc1ccc(N(CC(=O)N/N=C\c2cc(C)n(-c3cc(Cl)cc(Cl)c3)c2C)S(=O)(=O)c2ccc(F)cc2)cc1. The van der Waals surface area contributed by atoms with Crippen LogP contribution in [0.2, 0.25) is 10.0 Å². The van der Waals surface area contributed by atoms with E-state index in [4.69, 9.17) is 23.2 Å². The van der Waals surface area contributed by atoms with Gasteiger partial charge >= 0.3 is 0 Å². The van der Waals surface area contributed by atoms with Crippen LogP contribution in [0.25, 0.3) is 5.69 Å². The molecule has 1 heterocycles. The molecule has 1 amide bonds. The van der Waals surface area contributed by atoms with Crippen LogP contribution in [-0.2, 0) is 14.8 Å². The lowest BCUT2D eigenvalue weighted by Crippen LogP contribution is -2.39. The molecule has 1 aromatic heterocycles. The van der Waals surface area contributed by atoms with Gasteiger partial charge in [-0.3, -0.25) is 9.10 Å². The highest BCUT2D eigenvalue weighted by Crippen LogP contribution is 2.26. The molecule has 0 unspecified atom stereocenters. The first kappa shape index (κ1) is 28.4. The molecule has 202 valence electrons. The van der Waals surface area contributed by atoms with Crippen LogP contribution in [-0.4, -0.2) is 31.7 Å². The second-order valence-electron chi connectivity index (χ2n) is 8.88. The third kappa shape index (κ3) is 6.50. The van der Waals surface area contributed by atoms with Crippen LogP contribution >= 0.6 is 23.2 Å². The number of aromatic nitrogens is 1. The molecule has 7 nitrogen and oxygen atoms in total. The number of halogens is 3. The number of nitrogens with one attached hydrogen (secondary N) is 1. The number of hydrazone groups is 1. The van der Waals surface area contributed by atoms with Crippen molar-refractivity contribution in [3.63, 3.8) is 0 Å². The maximum atomic E-state index is 13.4. The Kier molecular flexibility index (Phi) is 8.44. The molecule has 0 fully saturated rings. The first-order valence-electron chi connectivity index (χ1n) is 11.8. The summed E-state index contributed by atoms with van der Waals surface area (Å²) >= 11 is 12.3. The number of rotatable bonds is 8. The van der Waals surface area contributed by atoms with Crippen molar-refractivity contribution in [1.82, 2.24) is 9.99 Å². The van der Waals surface area contributed by atoms with Gasteiger partial charge in [0.1, 0.15) is 12.4 Å². The van der Waals surface area contributed by atoms with Gasteiger partial charge in [0.2, 0.25) is 0 Å². The zero-order valence-corrected chi connectivity index (χ0v) is 23.6. The van der Waals surface area contributed by atoms with E-state index in [9.17, 15) is 17.6 Å². The average molecular weight is 588 g/mol. The zero-order valence-electron chi connectivity index (χ0n) is 21.3. The minimum absolute atomic E-state index is 0.144. The number of carbonyl (C=O) groups excluding carboxylic acids is 1. The van der Waals surface area contributed by atoms with Crippen LogP contribution in [0, 0.1) is 26.6 Å². The number of nitrogens with zero attached hydrogens (tertiary/aromatic N) is 3. The fraction of sp³-hybridized carbons (Fsp3) is 0.143. The summed E-state index contributed by atoms with van der Waals surface area (Å²) in [4.78, 5) is 12.7. The molecule has 0 saturated heterocycles. The fourth-order valence-electron chi connectivity index (χ4n) is 4.08. The zero-order chi connectivity index (χ0) is 28.3. The number of aryl methyl sites for hydroxylation is 2. The van der Waals surface area contributed by atoms with E-state index in [-0.39, 0.29) is 10.6 Å². The second-order valence-corrected chi connectivity index (χ2v) is 11.6. The summed E-state index contributed by atoms with van der Waals surface area (Å²) in [5.41, 5.74) is 6.86. The van der Waals surface area contributed by atoms with Crippen LogP contribution in [0.15, 0.2) is 82.8 Å². The Morgan fingerprint density at radius 2 is 1.59 bits per heavy atom. The standard InChI is InChI=1S/C28H25Cl2FN4O3S/c1-18-4-8-25(9-5-18)34(39(37,38)27-10-6-24(31)7-11-27)17-28(36)33-32-16-21-12-19(2)35(20(21)3)26-14-22(29)13-23(30)15-26/h4-16H,17H2,1-3H3,(H,33,36)/b32-16-. The Bertz CT molecular complexity index is 1630. The van der Waals surface area contributed by atoms with Crippen LogP contribution < -0.4 is 9.73 Å². The summed E-state index contributed by atoms with van der Waals surface area (Å²) in [6.07, 6.45) is 1.48. The highest BCUT2D eigenvalue weighted by atomic mass is 35.5. The maximum Gasteiger partial charge on any atom is 0.264 e. The number of sulfonamides is 1. The summed E-state index contributed by atoms with van der Waals surface area (Å²) < 4.78 is 43.1. The average Bonchev–Trinajstić information content (AvgIpc) is 3.15. The van der Waals surface area contributed by atoms with E-state index in [1.54, 1.807) is 42.5 Å². The molecule has 0 atom stereocenters. The molecular formula is C28H25Cl2FN4O3S. The second kappa shape index (κ2) is 11.6. The first-order chi connectivity index (χ1) is 18.5. The van der Waals surface area contributed by atoms with Crippen molar-refractivity contribution in [2.75, 3.05) is 10.8 Å². The summed E-state index contributed by atoms with van der Waals surface area (Å²) in [5.74, 6) is -1.23. The van der Waals surface area contributed by atoms with Gasteiger partial charge in [0.25, 0.3) is 15.9 Å². The quantitative estimate of drug-likeness (QED) is 0.197. The summed E-state index contributed by atoms with van der Waals surface area (Å²) in [5, 5.41) is 5.05. The topological polar surface area (TPSA) is 83.8 Å². The number of amides is 1. The van der Waals surface area contributed by atoms with Gasteiger partial charge < -0.3 is 4.57 Å². The molecule has 11 heteroatoms. The molecule has 1 N–H and O–H groups in total. The largest absolute Gasteiger partial charge is 0.318 e. The monoisotopic (exact) mass is 586 g/mol. The fourth-order valence-corrected chi connectivity index (χ4v) is 6.02. The molecule has 0 spiro atoms. The lowest BCUT2D eigenvalue weighted by Gasteiger charge is -2.23. The van der Waals surface area contributed by atoms with Gasteiger partial charge in [-0.25, -0.2) is 18.2 Å². The van der Waals surface area contributed by atoms with E-state index >= 15 is 0 Å². The minimum Gasteiger partial charge on any atom is -0.318 e. The normalized spacial score (nSPS) is 11.6. The summed E-state index contributed by atoms with van der Waals surface area (Å²) in [6.45, 7) is 5.12. The Hall–Kier alpha value is -3.66. The van der Waals surface area contributed by atoms with Crippen molar-refractivity contribution in [2.45, 2.75) is 25.7 Å². The smallest absolute Gasteiger partial charge is 0.264 e. The van der Waals surface area contributed by atoms with Crippen LogP contribution in [0.4, 0.5) is 10.1 Å². The van der Waals surface area contributed by atoms with E-state index in [0.29, 0.717) is 10.0 Å². The van der Waals surface area contributed by atoms with E-state index in [0.717, 1.165) is 56.8 Å². The molecular weight excluding hydrogens is 562 g/mol. The highest BCUT2D eigenvalue weighted by molar-refractivity contribution is 7.92. The van der Waals surface area contributed by atoms with Gasteiger partial charge in [-0.2, -0.15) is 5.10 Å². The minimum atomic E-state index is -4.17. The molecule has 0 aliphatic rings. The van der Waals surface area contributed by atoms with Crippen LogP contribution in [0.5, 0.6) is 0 Å². The van der Waals surface area contributed by atoms with Gasteiger partial charge in [0.05, 0.1) is 16.8 Å². The predicted octanol–water partition coefficient (Wildman–Crippen LogP) is 6.19. The van der Waals surface area contributed by atoms with Crippen LogP contribution in [0.3, 0.4) is 0 Å². The first-order valence-corrected chi connectivity index (χ1v) is 14.0. The molecule has 0 saturated carbocycles. The van der Waals surface area contributed by atoms with Crippen molar-refractivity contribution >= 4 is 51.0 Å². The predicted molar refractivity (Wildman–Crippen MR) is 153 cm³/mol. The van der Waals surface area contributed by atoms with Crippen molar-refractivity contribution < 1.29 is 17.6 Å². The Morgan fingerprint density at radius 3 is 2.21 bits per heavy atom. The van der Waals surface area contributed by atoms with E-state index in [2.05, 4.69) is 10.5 Å². The van der Waals surface area contributed by atoms with Crippen molar-refractivity contribution in [3.8, 4) is 5.69 Å². The molecule has 39 heavy (non-hydrogen) atoms. The molecule has 0 aliphatic heterocycles. The van der Waals surface area contributed by atoms with Gasteiger partial charge in [-0.1, -0.05) is 40.9 Å². The number of hydrogen-bond donors (Lipinski definition) is 1. The molecule has 4 aromatic rings. The molecule has 4 rings (SSSR count). The summed E-state index contributed by atoms with van der Waals surface area (Å²) in [7, 11) is -4.17. The number of carbonyl (C=O) groups is 1. The lowest BCUT2D eigenvalue weighted by molar-refractivity contribution is -0.119. The number of benzene rings is 3. The van der Waals surface area contributed by atoms with Gasteiger partial charge in [-0.05, 0) is 81.4 Å². The molecule has 0 aliphatic carbocycles. The lowest BCUT2D eigenvalue weighted by atomic mass is 10.2. The number of hydrogen-bond acceptors (Lipinski definition) is 4. The van der Waals surface area contributed by atoms with E-state index in [1.807, 2.05) is 31.4 Å². The molecule has 0 radical (unpaired) electrons. The van der Waals surface area contributed by atoms with Gasteiger partial charge in [0.15, 0.2) is 0 Å². The summed E-state index contributed by atoms with van der Waals surface area (Å²) in [6, 6.07) is 18.2. The highest BCUT2D eigenvalue weighted by Gasteiger charge is 2.27. The Morgan fingerprint density at radius 1 is 0.974 bits per heavy atom. The number of anilines is 1. The van der Waals surface area contributed by atoms with Gasteiger partial charge in [0, 0.05) is 32.7 Å². The Labute approximate surface area is 236 Å². The Balaban J connectivity index is 1.56. The van der Waals surface area contributed by atoms with E-state index in [1.165, 1.54) is 6.21 Å². The maximum absolute atomic E-state index is 13.4. The van der Waals surface area contributed by atoms with Crippen molar-refractivity contribution in [2.24, 2.45) is 5.10 Å². The molecule has 0 bridgehead atoms. The third-order valence-electron chi connectivity index (χ3n) is 5.98. The third-order valence-corrected chi connectivity index (χ3v) is 8.20. The van der Waals surface area contributed by atoms with Crippen molar-refractivity contribution in [3.05, 3.63) is 111 Å². The van der Waals surface area contributed by atoms with Crippen molar-refractivity contribution in [1.29, 1.82) is 0 Å². The van der Waals surface area contributed by atoms with E-state index < -0.39 is 28.3 Å². The molecule has 3 aromatic carbocycles. The van der Waals surface area contributed by atoms with Gasteiger partial charge in [-0.15, -0.1) is 0 Å². The van der Waals surface area contributed by atoms with Crippen LogP contribution in [0.1, 0.15) is 22.5 Å².